The fourth-order valence-corrected chi connectivity index (χ4v) is 2.68. The van der Waals surface area contributed by atoms with Crippen LogP contribution in [0.25, 0.3) is 0 Å². The van der Waals surface area contributed by atoms with Gasteiger partial charge in [0.2, 0.25) is 0 Å². The zero-order chi connectivity index (χ0) is 14.0. The van der Waals surface area contributed by atoms with Crippen LogP contribution in [0, 0.1) is 5.92 Å². The van der Waals surface area contributed by atoms with Crippen molar-refractivity contribution in [1.82, 2.24) is 5.32 Å². The maximum absolute atomic E-state index is 12.0. The van der Waals surface area contributed by atoms with Crippen molar-refractivity contribution in [2.45, 2.75) is 25.3 Å². The first-order valence-electron chi connectivity index (χ1n) is 5.96. The summed E-state index contributed by atoms with van der Waals surface area (Å²) in [6.45, 7) is 0. The lowest BCUT2D eigenvalue weighted by Gasteiger charge is -2.14. The normalized spacial score (nSPS) is 15.9. The molecule has 1 aromatic rings. The predicted molar refractivity (Wildman–Crippen MR) is 75.4 cm³/mol. The molecule has 0 radical (unpaired) electrons. The highest BCUT2D eigenvalue weighted by Gasteiger charge is 2.30. The van der Waals surface area contributed by atoms with E-state index in [9.17, 15) is 9.59 Å². The van der Waals surface area contributed by atoms with Crippen molar-refractivity contribution in [3.05, 3.63) is 33.3 Å². The summed E-state index contributed by atoms with van der Waals surface area (Å²) >= 11 is 9.04. The minimum absolute atomic E-state index is 0.381. The Bertz CT molecular complexity index is 517. The molecular weight excluding hydrogens is 334 g/mol. The zero-order valence-corrected chi connectivity index (χ0v) is 12.4. The van der Waals surface area contributed by atoms with E-state index in [-0.39, 0.29) is 0 Å². The molecule has 1 fully saturated rings. The fourth-order valence-electron chi connectivity index (χ4n) is 1.82. The van der Waals surface area contributed by atoms with Crippen molar-refractivity contribution in [2.24, 2.45) is 5.92 Å². The Morgan fingerprint density at radius 1 is 1.47 bits per heavy atom. The number of carboxylic acids is 1. The van der Waals surface area contributed by atoms with E-state index in [0.717, 1.165) is 12.8 Å². The maximum Gasteiger partial charge on any atom is 0.326 e. The van der Waals surface area contributed by atoms with Crippen LogP contribution in [-0.4, -0.2) is 23.0 Å². The van der Waals surface area contributed by atoms with Gasteiger partial charge in [0.15, 0.2) is 0 Å². The van der Waals surface area contributed by atoms with E-state index >= 15 is 0 Å². The van der Waals surface area contributed by atoms with Crippen molar-refractivity contribution in [1.29, 1.82) is 0 Å². The van der Waals surface area contributed by atoms with E-state index < -0.39 is 17.9 Å². The van der Waals surface area contributed by atoms with E-state index in [1.807, 2.05) is 0 Å². The molecule has 0 bridgehead atoms. The summed E-state index contributed by atoms with van der Waals surface area (Å²) in [5.74, 6) is -0.975. The second kappa shape index (κ2) is 5.92. The summed E-state index contributed by atoms with van der Waals surface area (Å²) in [6.07, 6.45) is 2.58. The first kappa shape index (κ1) is 14.3. The molecule has 6 heteroatoms. The van der Waals surface area contributed by atoms with Crippen molar-refractivity contribution in [2.75, 3.05) is 0 Å². The third-order valence-corrected chi connectivity index (χ3v) is 3.94. The van der Waals surface area contributed by atoms with Gasteiger partial charge in [0, 0.05) is 9.50 Å². The predicted octanol–water partition coefficient (Wildman–Crippen LogP) is 3.09. The van der Waals surface area contributed by atoms with Crippen LogP contribution in [0.2, 0.25) is 5.02 Å². The lowest BCUT2D eigenvalue weighted by Crippen LogP contribution is -2.41. The Morgan fingerprint density at radius 2 is 2.16 bits per heavy atom. The summed E-state index contributed by atoms with van der Waals surface area (Å²) in [4.78, 5) is 23.2. The summed E-state index contributed by atoms with van der Waals surface area (Å²) in [5.41, 5.74) is 0.381. The third-order valence-electron chi connectivity index (χ3n) is 3.05. The number of amides is 1. The van der Waals surface area contributed by atoms with Gasteiger partial charge in [-0.2, -0.15) is 0 Å². The van der Waals surface area contributed by atoms with E-state index in [2.05, 4.69) is 21.2 Å². The van der Waals surface area contributed by atoms with Crippen LogP contribution in [0.15, 0.2) is 22.7 Å². The molecule has 4 nitrogen and oxygen atoms in total. The highest BCUT2D eigenvalue weighted by atomic mass is 79.9. The molecule has 19 heavy (non-hydrogen) atoms. The standard InChI is InChI=1S/C13H13BrClNO3/c14-10-6-8(15)3-4-9(10)12(17)16-11(13(18)19)5-7-1-2-7/h3-4,6-7,11H,1-2,5H2,(H,16,17)(H,18,19). The van der Waals surface area contributed by atoms with Gasteiger partial charge < -0.3 is 10.4 Å². The Balaban J connectivity index is 2.07. The summed E-state index contributed by atoms with van der Waals surface area (Å²) in [6, 6.07) is 3.94. The lowest BCUT2D eigenvalue weighted by atomic mass is 10.1. The van der Waals surface area contributed by atoms with E-state index in [4.69, 9.17) is 16.7 Å². The molecule has 1 amide bonds. The molecule has 0 spiro atoms. The van der Waals surface area contributed by atoms with Crippen molar-refractivity contribution in [3.63, 3.8) is 0 Å². The molecule has 1 unspecified atom stereocenters. The van der Waals surface area contributed by atoms with Gasteiger partial charge in [0.1, 0.15) is 6.04 Å². The molecule has 0 aromatic heterocycles. The number of aliphatic carboxylic acids is 1. The number of carbonyl (C=O) groups is 2. The molecule has 2 rings (SSSR count). The Labute approximate surface area is 124 Å². The van der Waals surface area contributed by atoms with Crippen LogP contribution in [0.4, 0.5) is 0 Å². The number of hydrogen-bond acceptors (Lipinski definition) is 2. The van der Waals surface area contributed by atoms with Gasteiger partial charge >= 0.3 is 5.97 Å². The summed E-state index contributed by atoms with van der Waals surface area (Å²) in [5, 5.41) is 12.2. The summed E-state index contributed by atoms with van der Waals surface area (Å²) < 4.78 is 0.549. The molecule has 2 N–H and O–H groups in total. The van der Waals surface area contributed by atoms with Gasteiger partial charge in [-0.05, 0) is 46.5 Å². The SMILES string of the molecule is O=C(NC(CC1CC1)C(=O)O)c1ccc(Cl)cc1Br. The molecule has 1 aliphatic rings. The van der Waals surface area contributed by atoms with Gasteiger partial charge in [-0.15, -0.1) is 0 Å². The molecule has 1 saturated carbocycles. The minimum Gasteiger partial charge on any atom is -0.480 e. The Hall–Kier alpha value is -1.07. The molecule has 0 aliphatic heterocycles. The van der Waals surface area contributed by atoms with Gasteiger partial charge in [0.05, 0.1) is 5.56 Å². The molecule has 1 aromatic carbocycles. The monoisotopic (exact) mass is 345 g/mol. The molecule has 0 saturated heterocycles. The third kappa shape index (κ3) is 3.94. The van der Waals surface area contributed by atoms with E-state index in [1.165, 1.54) is 0 Å². The van der Waals surface area contributed by atoms with Gasteiger partial charge in [-0.3, -0.25) is 4.79 Å². The van der Waals surface area contributed by atoms with Crippen molar-refractivity contribution < 1.29 is 14.7 Å². The molecule has 0 heterocycles. The van der Waals surface area contributed by atoms with Crippen LogP contribution in [0.3, 0.4) is 0 Å². The van der Waals surface area contributed by atoms with Gasteiger partial charge in [-0.25, -0.2) is 4.79 Å². The number of carbonyl (C=O) groups excluding carboxylic acids is 1. The van der Waals surface area contributed by atoms with Crippen LogP contribution in [-0.2, 0) is 4.79 Å². The minimum atomic E-state index is -0.995. The second-order valence-corrected chi connectivity index (χ2v) is 5.96. The van der Waals surface area contributed by atoms with Crippen LogP contribution < -0.4 is 5.32 Å². The second-order valence-electron chi connectivity index (χ2n) is 4.67. The van der Waals surface area contributed by atoms with E-state index in [0.29, 0.717) is 27.4 Å². The lowest BCUT2D eigenvalue weighted by molar-refractivity contribution is -0.139. The Kier molecular flexibility index (Phi) is 4.47. The number of benzene rings is 1. The highest BCUT2D eigenvalue weighted by Crippen LogP contribution is 2.33. The number of halogens is 2. The first-order valence-corrected chi connectivity index (χ1v) is 7.13. The Morgan fingerprint density at radius 3 is 2.68 bits per heavy atom. The molecule has 102 valence electrons. The van der Waals surface area contributed by atoms with Crippen LogP contribution in [0.5, 0.6) is 0 Å². The van der Waals surface area contributed by atoms with Gasteiger partial charge in [0.25, 0.3) is 5.91 Å². The molecule has 1 atom stereocenters. The number of nitrogens with one attached hydrogen (secondary N) is 1. The van der Waals surface area contributed by atoms with E-state index in [1.54, 1.807) is 18.2 Å². The summed E-state index contributed by atoms with van der Waals surface area (Å²) in [7, 11) is 0. The van der Waals surface area contributed by atoms with Gasteiger partial charge in [-0.1, -0.05) is 24.4 Å². The number of carboxylic acid groups (broad SMARTS) is 1. The molecular formula is C13H13BrClNO3. The molecule has 1 aliphatic carbocycles. The number of hydrogen-bond donors (Lipinski definition) is 2. The topological polar surface area (TPSA) is 66.4 Å². The average molecular weight is 347 g/mol. The highest BCUT2D eigenvalue weighted by molar-refractivity contribution is 9.10. The van der Waals surface area contributed by atoms with Crippen molar-refractivity contribution >= 4 is 39.4 Å². The average Bonchev–Trinajstić information content (AvgIpc) is 3.11. The van der Waals surface area contributed by atoms with Crippen molar-refractivity contribution in [3.8, 4) is 0 Å². The quantitative estimate of drug-likeness (QED) is 0.861. The first-order chi connectivity index (χ1) is 8.97. The zero-order valence-electron chi connectivity index (χ0n) is 10.0. The van der Waals surface area contributed by atoms with Crippen LogP contribution in [0.1, 0.15) is 29.6 Å². The fraction of sp³-hybridized carbons (Fsp3) is 0.385. The maximum atomic E-state index is 12.0. The number of rotatable bonds is 5. The smallest absolute Gasteiger partial charge is 0.326 e. The van der Waals surface area contributed by atoms with Crippen LogP contribution >= 0.6 is 27.5 Å². The largest absolute Gasteiger partial charge is 0.480 e.